The molecule has 6 rings (SSSR count). The van der Waals surface area contributed by atoms with Gasteiger partial charge >= 0.3 is 5.97 Å². The van der Waals surface area contributed by atoms with Crippen LogP contribution in [0, 0.1) is 17.3 Å². The van der Waals surface area contributed by atoms with Crippen LogP contribution in [0.3, 0.4) is 0 Å². The zero-order valence-electron chi connectivity index (χ0n) is 15.4. The molecule has 0 aromatic heterocycles. The second kappa shape index (κ2) is 4.57. The van der Waals surface area contributed by atoms with Crippen LogP contribution >= 0.6 is 0 Å². The first kappa shape index (κ1) is 16.1. The standard InChI is InChI=1S/C21H24N2O4/c1-11-19-8-5-9-23-10-20(11,26)21(18(19)23)12-6-3-4-7-13(12)22-15(21)14(16(19)24)17(25)27-2/h3-8,11,14-16,18,22,24,26H,9-10H2,1-2H3. The first-order chi connectivity index (χ1) is 12.9. The minimum absolute atomic E-state index is 0.0490. The number of ether oxygens (including phenoxy) is 1. The van der Waals surface area contributed by atoms with Gasteiger partial charge in [-0.1, -0.05) is 37.3 Å². The molecule has 5 aliphatic rings. The highest BCUT2D eigenvalue weighted by molar-refractivity contribution is 5.80. The maximum absolute atomic E-state index is 12.8. The third kappa shape index (κ3) is 1.33. The molecule has 2 aliphatic carbocycles. The minimum Gasteiger partial charge on any atom is -0.469 e. The van der Waals surface area contributed by atoms with E-state index in [0.717, 1.165) is 17.8 Å². The predicted octanol–water partition coefficient (Wildman–Crippen LogP) is 0.503. The fourth-order valence-electron chi connectivity index (χ4n) is 7.73. The van der Waals surface area contributed by atoms with Gasteiger partial charge in [0.25, 0.3) is 0 Å². The molecule has 6 nitrogen and oxygen atoms in total. The number of para-hydroxylation sites is 1. The van der Waals surface area contributed by atoms with E-state index in [1.54, 1.807) is 0 Å². The lowest BCUT2D eigenvalue weighted by atomic mass is 9.54. The molecule has 1 aromatic rings. The number of carbonyl (C=O) groups excluding carboxylic acids is 1. The van der Waals surface area contributed by atoms with Gasteiger partial charge in [-0.3, -0.25) is 9.69 Å². The zero-order valence-corrected chi connectivity index (χ0v) is 15.4. The van der Waals surface area contributed by atoms with Crippen LogP contribution < -0.4 is 5.32 Å². The lowest BCUT2D eigenvalue weighted by molar-refractivity contribution is -0.164. The van der Waals surface area contributed by atoms with Crippen molar-refractivity contribution in [2.45, 2.75) is 36.1 Å². The van der Waals surface area contributed by atoms with Crippen molar-refractivity contribution in [1.82, 2.24) is 4.90 Å². The third-order valence-corrected chi connectivity index (χ3v) is 8.50. The quantitative estimate of drug-likeness (QED) is 0.495. The molecular weight excluding hydrogens is 344 g/mol. The lowest BCUT2D eigenvalue weighted by Crippen LogP contribution is -2.70. The number of piperidine rings is 1. The van der Waals surface area contributed by atoms with Crippen molar-refractivity contribution in [3.63, 3.8) is 0 Å². The summed E-state index contributed by atoms with van der Waals surface area (Å²) in [6.45, 7) is 3.35. The summed E-state index contributed by atoms with van der Waals surface area (Å²) in [6.07, 6.45) is 3.24. The van der Waals surface area contributed by atoms with Crippen molar-refractivity contribution in [3.05, 3.63) is 42.0 Å². The van der Waals surface area contributed by atoms with Crippen LogP contribution in [0.4, 0.5) is 5.69 Å². The topological polar surface area (TPSA) is 82.0 Å². The first-order valence-electron chi connectivity index (χ1n) is 9.70. The summed E-state index contributed by atoms with van der Waals surface area (Å²) in [5, 5.41) is 27.3. The van der Waals surface area contributed by atoms with Gasteiger partial charge in [-0.05, 0) is 11.6 Å². The predicted molar refractivity (Wildman–Crippen MR) is 98.1 cm³/mol. The number of nitrogens with zero attached hydrogens (tertiary/aromatic N) is 1. The number of aliphatic hydroxyl groups is 2. The number of carbonyl (C=O) groups is 1. The van der Waals surface area contributed by atoms with Gasteiger partial charge in [-0.25, -0.2) is 0 Å². The lowest BCUT2D eigenvalue weighted by Gasteiger charge is -2.56. The molecule has 1 aromatic carbocycles. The molecule has 3 aliphatic heterocycles. The van der Waals surface area contributed by atoms with Crippen molar-refractivity contribution in [2.24, 2.45) is 17.3 Å². The fraction of sp³-hybridized carbons (Fsp3) is 0.571. The largest absolute Gasteiger partial charge is 0.469 e. The molecule has 8 atom stereocenters. The van der Waals surface area contributed by atoms with E-state index in [0.29, 0.717) is 6.54 Å². The number of methoxy groups -OCH3 is 1. The SMILES string of the molecule is COC(=O)C1C(O)C23C=CCN4CC(O)(C2C)C2(c5ccccc5NC12)C43. The van der Waals surface area contributed by atoms with Gasteiger partial charge < -0.3 is 20.3 Å². The Kier molecular flexibility index (Phi) is 2.72. The van der Waals surface area contributed by atoms with Crippen molar-refractivity contribution in [3.8, 4) is 0 Å². The van der Waals surface area contributed by atoms with Crippen molar-refractivity contribution in [2.75, 3.05) is 25.5 Å². The van der Waals surface area contributed by atoms with Gasteiger partial charge in [0.1, 0.15) is 5.92 Å². The molecular formula is C21H24N2O4. The molecule has 0 amide bonds. The Bertz CT molecular complexity index is 902. The minimum atomic E-state index is -1.03. The van der Waals surface area contributed by atoms with E-state index in [1.165, 1.54) is 7.11 Å². The molecule has 4 bridgehead atoms. The molecule has 1 saturated heterocycles. The second-order valence-electron chi connectivity index (χ2n) is 8.91. The molecule has 0 radical (unpaired) electrons. The van der Waals surface area contributed by atoms with E-state index in [4.69, 9.17) is 4.74 Å². The summed E-state index contributed by atoms with van der Waals surface area (Å²) in [4.78, 5) is 15.1. The maximum Gasteiger partial charge on any atom is 0.313 e. The Balaban J connectivity index is 1.72. The summed E-state index contributed by atoms with van der Waals surface area (Å²) >= 11 is 0. The van der Waals surface area contributed by atoms with E-state index < -0.39 is 40.5 Å². The van der Waals surface area contributed by atoms with E-state index in [2.05, 4.69) is 28.4 Å². The van der Waals surface area contributed by atoms with Crippen LogP contribution in [0.5, 0.6) is 0 Å². The van der Waals surface area contributed by atoms with Gasteiger partial charge in [0.15, 0.2) is 0 Å². The number of aliphatic hydroxyl groups excluding tert-OH is 1. The number of rotatable bonds is 1. The molecule has 3 N–H and O–H groups in total. The first-order valence-corrected chi connectivity index (χ1v) is 9.70. The monoisotopic (exact) mass is 368 g/mol. The van der Waals surface area contributed by atoms with Crippen molar-refractivity contribution >= 4 is 11.7 Å². The summed E-state index contributed by atoms with van der Waals surface area (Å²) < 4.78 is 5.12. The van der Waals surface area contributed by atoms with E-state index in [-0.39, 0.29) is 12.0 Å². The molecule has 1 spiro atoms. The normalized spacial score (nSPS) is 50.9. The molecule has 3 heterocycles. The average Bonchev–Trinajstić information content (AvgIpc) is 3.20. The van der Waals surface area contributed by atoms with Crippen molar-refractivity contribution < 1.29 is 19.7 Å². The number of benzene rings is 1. The van der Waals surface area contributed by atoms with Gasteiger partial charge in [0.2, 0.25) is 0 Å². The Morgan fingerprint density at radius 1 is 1.37 bits per heavy atom. The van der Waals surface area contributed by atoms with Gasteiger partial charge in [-0.2, -0.15) is 0 Å². The maximum atomic E-state index is 12.8. The van der Waals surface area contributed by atoms with Crippen LogP contribution in [0.25, 0.3) is 0 Å². The van der Waals surface area contributed by atoms with Crippen LogP contribution in [0.2, 0.25) is 0 Å². The summed E-state index contributed by atoms with van der Waals surface area (Å²) in [6, 6.07) is 7.58. The number of esters is 1. The highest BCUT2D eigenvalue weighted by Gasteiger charge is 2.88. The van der Waals surface area contributed by atoms with E-state index in [9.17, 15) is 15.0 Å². The van der Waals surface area contributed by atoms with Crippen molar-refractivity contribution in [1.29, 1.82) is 0 Å². The number of hydrogen-bond acceptors (Lipinski definition) is 6. The molecule has 8 unspecified atom stereocenters. The second-order valence-corrected chi connectivity index (χ2v) is 8.91. The molecule has 27 heavy (non-hydrogen) atoms. The van der Waals surface area contributed by atoms with Crippen LogP contribution in [0.1, 0.15) is 12.5 Å². The summed E-state index contributed by atoms with van der Waals surface area (Å²) in [5.41, 5.74) is -0.333. The van der Waals surface area contributed by atoms with Gasteiger partial charge in [-0.15, -0.1) is 0 Å². The number of fused-ring (bicyclic) bond motifs is 1. The molecule has 3 fully saturated rings. The van der Waals surface area contributed by atoms with Gasteiger partial charge in [0, 0.05) is 36.2 Å². The Hall–Kier alpha value is -1.89. The Labute approximate surface area is 157 Å². The summed E-state index contributed by atoms with van der Waals surface area (Å²) in [5.74, 6) is -1.33. The molecule has 6 heteroatoms. The van der Waals surface area contributed by atoms with Crippen LogP contribution in [-0.4, -0.2) is 65.1 Å². The molecule has 2 saturated carbocycles. The van der Waals surface area contributed by atoms with E-state index in [1.807, 2.05) is 25.1 Å². The number of hydrogen-bond donors (Lipinski definition) is 3. The van der Waals surface area contributed by atoms with E-state index >= 15 is 0 Å². The number of anilines is 1. The smallest absolute Gasteiger partial charge is 0.313 e. The third-order valence-electron chi connectivity index (χ3n) is 8.50. The molecule has 142 valence electrons. The fourth-order valence-corrected chi connectivity index (χ4v) is 7.73. The Morgan fingerprint density at radius 3 is 2.93 bits per heavy atom. The summed E-state index contributed by atoms with van der Waals surface area (Å²) in [7, 11) is 1.37. The highest BCUT2D eigenvalue weighted by atomic mass is 16.5. The highest BCUT2D eigenvalue weighted by Crippen LogP contribution is 2.76. The van der Waals surface area contributed by atoms with Crippen LogP contribution in [0.15, 0.2) is 36.4 Å². The van der Waals surface area contributed by atoms with Crippen LogP contribution in [-0.2, 0) is 14.9 Å². The van der Waals surface area contributed by atoms with Gasteiger partial charge in [0.05, 0.1) is 30.3 Å². The average molecular weight is 368 g/mol. The Morgan fingerprint density at radius 2 is 2.15 bits per heavy atom. The number of nitrogens with one attached hydrogen (secondary N) is 1. The zero-order chi connectivity index (χ0) is 18.8.